The van der Waals surface area contributed by atoms with E-state index in [1.54, 1.807) is 26.3 Å². The van der Waals surface area contributed by atoms with Gasteiger partial charge in [-0.25, -0.2) is 4.98 Å². The number of ether oxygens (including phenoxy) is 1. The summed E-state index contributed by atoms with van der Waals surface area (Å²) in [6.07, 6.45) is 2.27. The quantitative estimate of drug-likeness (QED) is 0.552. The van der Waals surface area contributed by atoms with Crippen LogP contribution in [0, 0.1) is 17.0 Å². The zero-order chi connectivity index (χ0) is 19.4. The van der Waals surface area contributed by atoms with Crippen LogP contribution in [0.4, 0.5) is 11.5 Å². The molecule has 0 radical (unpaired) electrons. The third-order valence-corrected chi connectivity index (χ3v) is 4.74. The highest BCUT2D eigenvalue weighted by Gasteiger charge is 2.26. The summed E-state index contributed by atoms with van der Waals surface area (Å²) in [7, 11) is 1.60. The fourth-order valence-electron chi connectivity index (χ4n) is 3.13. The van der Waals surface area contributed by atoms with Crippen LogP contribution in [0.5, 0.6) is 0 Å². The largest absolute Gasteiger partial charge is 0.374 e. The Kier molecular flexibility index (Phi) is 5.97. The average Bonchev–Trinajstić information content (AvgIpc) is 2.98. The van der Waals surface area contributed by atoms with Crippen LogP contribution in [0.2, 0.25) is 0 Å². The predicted octanol–water partition coefficient (Wildman–Crippen LogP) is 2.10. The van der Waals surface area contributed by atoms with Crippen molar-refractivity contribution in [3.8, 4) is 0 Å². The van der Waals surface area contributed by atoms with E-state index < -0.39 is 0 Å². The molecule has 0 amide bonds. The first-order chi connectivity index (χ1) is 13.0. The summed E-state index contributed by atoms with van der Waals surface area (Å²) < 4.78 is 10.5. The Bertz CT molecular complexity index is 795. The molecule has 27 heavy (non-hydrogen) atoms. The van der Waals surface area contributed by atoms with E-state index in [-0.39, 0.29) is 16.7 Å². The SMILES string of the molecule is COC(C)c1noc(CN2CCCN(c3nccc(C)c3[N+](=O)[O-])CC2)n1. The minimum atomic E-state index is -0.350. The summed E-state index contributed by atoms with van der Waals surface area (Å²) in [5.74, 6) is 1.52. The molecule has 1 unspecified atom stereocenters. The Morgan fingerprint density at radius 2 is 2.19 bits per heavy atom. The van der Waals surface area contributed by atoms with Crippen molar-refractivity contribution >= 4 is 11.5 Å². The molecule has 2 aromatic heterocycles. The third-order valence-electron chi connectivity index (χ3n) is 4.74. The number of hydrogen-bond donors (Lipinski definition) is 0. The summed E-state index contributed by atoms with van der Waals surface area (Å²) in [6, 6.07) is 1.67. The maximum atomic E-state index is 11.4. The fourth-order valence-corrected chi connectivity index (χ4v) is 3.13. The van der Waals surface area contributed by atoms with Crippen LogP contribution in [0.15, 0.2) is 16.8 Å². The molecule has 0 aromatic carbocycles. The van der Waals surface area contributed by atoms with Crippen molar-refractivity contribution in [2.45, 2.75) is 32.9 Å². The lowest BCUT2D eigenvalue weighted by molar-refractivity contribution is -0.384. The van der Waals surface area contributed by atoms with Gasteiger partial charge in [-0.2, -0.15) is 4.98 Å². The van der Waals surface area contributed by atoms with Gasteiger partial charge in [-0.05, 0) is 26.3 Å². The third kappa shape index (κ3) is 4.40. The molecule has 1 aliphatic rings. The van der Waals surface area contributed by atoms with Crippen LogP contribution >= 0.6 is 0 Å². The van der Waals surface area contributed by atoms with Gasteiger partial charge in [0, 0.05) is 45.0 Å². The molecule has 2 aromatic rings. The van der Waals surface area contributed by atoms with Gasteiger partial charge in [-0.3, -0.25) is 15.0 Å². The van der Waals surface area contributed by atoms with E-state index in [2.05, 4.69) is 20.0 Å². The Balaban J connectivity index is 1.67. The van der Waals surface area contributed by atoms with E-state index in [0.29, 0.717) is 42.7 Å². The van der Waals surface area contributed by atoms with E-state index in [4.69, 9.17) is 9.26 Å². The van der Waals surface area contributed by atoms with Crippen LogP contribution in [0.3, 0.4) is 0 Å². The van der Waals surface area contributed by atoms with Crippen LogP contribution in [0.1, 0.15) is 36.7 Å². The molecule has 3 heterocycles. The number of aromatic nitrogens is 3. The summed E-state index contributed by atoms with van der Waals surface area (Å²) in [6.45, 7) is 7.07. The topological polar surface area (TPSA) is 111 Å². The molecule has 0 spiro atoms. The lowest BCUT2D eigenvalue weighted by Crippen LogP contribution is -2.31. The number of nitrogens with zero attached hydrogens (tertiary/aromatic N) is 6. The number of pyridine rings is 1. The van der Waals surface area contributed by atoms with E-state index >= 15 is 0 Å². The van der Waals surface area contributed by atoms with Gasteiger partial charge in [0.15, 0.2) is 5.82 Å². The molecular formula is C17H24N6O4. The molecule has 0 bridgehead atoms. The molecule has 0 N–H and O–H groups in total. The summed E-state index contributed by atoms with van der Waals surface area (Å²) in [5, 5.41) is 15.4. The second-order valence-electron chi connectivity index (χ2n) is 6.60. The highest BCUT2D eigenvalue weighted by atomic mass is 16.6. The van der Waals surface area contributed by atoms with Crippen molar-refractivity contribution in [2.24, 2.45) is 0 Å². The van der Waals surface area contributed by atoms with Gasteiger partial charge in [0.05, 0.1) is 11.5 Å². The van der Waals surface area contributed by atoms with Crippen molar-refractivity contribution < 1.29 is 14.2 Å². The first-order valence-electron chi connectivity index (χ1n) is 8.92. The fraction of sp³-hybridized carbons (Fsp3) is 0.588. The first kappa shape index (κ1) is 19.2. The van der Waals surface area contributed by atoms with Gasteiger partial charge < -0.3 is 14.2 Å². The summed E-state index contributed by atoms with van der Waals surface area (Å²) in [4.78, 5) is 23.9. The van der Waals surface area contributed by atoms with Gasteiger partial charge in [0.25, 0.3) is 0 Å². The Morgan fingerprint density at radius 3 is 2.93 bits per heavy atom. The molecule has 1 fully saturated rings. The van der Waals surface area contributed by atoms with Crippen LogP contribution < -0.4 is 4.90 Å². The average molecular weight is 376 g/mol. The molecule has 146 valence electrons. The highest BCUT2D eigenvalue weighted by molar-refractivity contribution is 5.61. The minimum absolute atomic E-state index is 0.0843. The molecule has 10 nitrogen and oxygen atoms in total. The van der Waals surface area contributed by atoms with E-state index in [9.17, 15) is 10.1 Å². The smallest absolute Gasteiger partial charge is 0.314 e. The number of rotatable bonds is 6. The van der Waals surface area contributed by atoms with Crippen molar-refractivity contribution in [1.29, 1.82) is 0 Å². The van der Waals surface area contributed by atoms with Gasteiger partial charge >= 0.3 is 5.69 Å². The van der Waals surface area contributed by atoms with Gasteiger partial charge in [-0.1, -0.05) is 5.16 Å². The van der Waals surface area contributed by atoms with E-state index in [1.165, 1.54) is 0 Å². The van der Waals surface area contributed by atoms with Gasteiger partial charge in [0.2, 0.25) is 11.7 Å². The second kappa shape index (κ2) is 8.40. The lowest BCUT2D eigenvalue weighted by Gasteiger charge is -2.22. The highest BCUT2D eigenvalue weighted by Crippen LogP contribution is 2.29. The molecule has 1 aliphatic heterocycles. The van der Waals surface area contributed by atoms with Crippen molar-refractivity contribution in [1.82, 2.24) is 20.0 Å². The summed E-state index contributed by atoms with van der Waals surface area (Å²) in [5.41, 5.74) is 0.706. The van der Waals surface area contributed by atoms with Crippen LogP contribution in [0.25, 0.3) is 0 Å². The number of hydrogen-bond acceptors (Lipinski definition) is 9. The molecule has 1 atom stereocenters. The number of anilines is 1. The van der Waals surface area contributed by atoms with E-state index in [0.717, 1.165) is 19.5 Å². The molecule has 3 rings (SSSR count). The van der Waals surface area contributed by atoms with E-state index in [1.807, 2.05) is 11.8 Å². The normalized spacial score (nSPS) is 16.9. The van der Waals surface area contributed by atoms with Crippen LogP contribution in [-0.4, -0.2) is 58.2 Å². The zero-order valence-corrected chi connectivity index (χ0v) is 15.8. The van der Waals surface area contributed by atoms with Crippen LogP contribution in [-0.2, 0) is 11.3 Å². The molecule has 10 heteroatoms. The Hall–Kier alpha value is -2.59. The monoisotopic (exact) mass is 376 g/mol. The predicted molar refractivity (Wildman–Crippen MR) is 97.5 cm³/mol. The number of methoxy groups -OCH3 is 1. The number of nitro groups is 1. The minimum Gasteiger partial charge on any atom is -0.374 e. The van der Waals surface area contributed by atoms with Crippen molar-refractivity contribution in [3.63, 3.8) is 0 Å². The van der Waals surface area contributed by atoms with Gasteiger partial charge in [0.1, 0.15) is 6.10 Å². The Morgan fingerprint density at radius 1 is 1.37 bits per heavy atom. The van der Waals surface area contributed by atoms with Crippen molar-refractivity contribution in [2.75, 3.05) is 38.2 Å². The molecule has 0 aliphatic carbocycles. The van der Waals surface area contributed by atoms with Gasteiger partial charge in [-0.15, -0.1) is 0 Å². The maximum Gasteiger partial charge on any atom is 0.314 e. The lowest BCUT2D eigenvalue weighted by atomic mass is 10.2. The molecule has 1 saturated heterocycles. The Labute approximate surface area is 157 Å². The second-order valence-corrected chi connectivity index (χ2v) is 6.60. The number of aryl methyl sites for hydroxylation is 1. The standard InChI is InChI=1S/C17H24N6O4/c1-12-5-6-18-17(15(12)23(24)25)22-8-4-7-21(9-10-22)11-14-19-16(20-27-14)13(2)26-3/h5-6,13H,4,7-11H2,1-3H3. The summed E-state index contributed by atoms with van der Waals surface area (Å²) >= 11 is 0. The molecule has 0 saturated carbocycles. The zero-order valence-electron chi connectivity index (χ0n) is 15.8. The first-order valence-corrected chi connectivity index (χ1v) is 8.92. The molecular weight excluding hydrogens is 352 g/mol. The van der Waals surface area contributed by atoms with Crippen molar-refractivity contribution in [3.05, 3.63) is 39.7 Å². The maximum absolute atomic E-state index is 11.4.